The minimum atomic E-state index is -3.43. The third-order valence-electron chi connectivity index (χ3n) is 2.92. The zero-order chi connectivity index (χ0) is 14.6. The number of thiophene rings is 2. The molecule has 20 heavy (non-hydrogen) atoms. The summed E-state index contributed by atoms with van der Waals surface area (Å²) in [6, 6.07) is 5.60. The second-order valence-electron chi connectivity index (χ2n) is 4.25. The van der Waals surface area contributed by atoms with Gasteiger partial charge in [0.1, 0.15) is 0 Å². The fourth-order valence-corrected chi connectivity index (χ4v) is 5.59. The van der Waals surface area contributed by atoms with Crippen LogP contribution < -0.4 is 5.32 Å². The molecule has 110 valence electrons. The van der Waals surface area contributed by atoms with E-state index >= 15 is 0 Å². The second-order valence-corrected chi connectivity index (χ2v) is 8.19. The molecule has 2 aromatic rings. The lowest BCUT2D eigenvalue weighted by Gasteiger charge is -2.20. The largest absolute Gasteiger partial charge is 0.315 e. The van der Waals surface area contributed by atoms with E-state index in [0.29, 0.717) is 24.5 Å². The third kappa shape index (κ3) is 3.29. The first-order chi connectivity index (χ1) is 9.59. The molecule has 0 saturated carbocycles. The van der Waals surface area contributed by atoms with Crippen molar-refractivity contribution in [2.75, 3.05) is 13.6 Å². The van der Waals surface area contributed by atoms with Crippen LogP contribution in [0.25, 0.3) is 0 Å². The SMILES string of the molecule is CCN(Cc1cccs1)S(=O)(=O)c1ccsc1CNC. The molecule has 2 rings (SSSR count). The monoisotopic (exact) mass is 330 g/mol. The van der Waals surface area contributed by atoms with E-state index in [1.807, 2.05) is 36.9 Å². The lowest BCUT2D eigenvalue weighted by atomic mass is 10.4. The quantitative estimate of drug-likeness (QED) is 0.849. The molecule has 0 radical (unpaired) electrons. The van der Waals surface area contributed by atoms with Gasteiger partial charge in [-0.15, -0.1) is 22.7 Å². The molecule has 0 aliphatic heterocycles. The van der Waals surface area contributed by atoms with Crippen LogP contribution in [0.2, 0.25) is 0 Å². The molecule has 0 aromatic carbocycles. The Morgan fingerprint density at radius 1 is 1.25 bits per heavy atom. The Kier molecular flexibility index (Phi) is 5.34. The van der Waals surface area contributed by atoms with E-state index in [-0.39, 0.29) is 0 Å². The molecule has 0 bridgehead atoms. The van der Waals surface area contributed by atoms with Gasteiger partial charge in [0.15, 0.2) is 0 Å². The molecule has 0 aliphatic carbocycles. The summed E-state index contributed by atoms with van der Waals surface area (Å²) in [6.45, 7) is 3.35. The van der Waals surface area contributed by atoms with Gasteiger partial charge in [-0.1, -0.05) is 13.0 Å². The highest BCUT2D eigenvalue weighted by atomic mass is 32.2. The van der Waals surface area contributed by atoms with Crippen LogP contribution in [-0.2, 0) is 23.1 Å². The zero-order valence-electron chi connectivity index (χ0n) is 11.5. The topological polar surface area (TPSA) is 49.4 Å². The average Bonchev–Trinajstić information content (AvgIpc) is 3.07. The van der Waals surface area contributed by atoms with Crippen LogP contribution in [0.1, 0.15) is 16.7 Å². The summed E-state index contributed by atoms with van der Waals surface area (Å²) in [7, 11) is -1.61. The molecule has 0 saturated heterocycles. The molecule has 0 unspecified atom stereocenters. The van der Waals surface area contributed by atoms with Gasteiger partial charge in [0, 0.05) is 29.4 Å². The van der Waals surface area contributed by atoms with Crippen LogP contribution in [0.3, 0.4) is 0 Å². The summed E-state index contributed by atoms with van der Waals surface area (Å²) in [5, 5.41) is 6.81. The zero-order valence-corrected chi connectivity index (χ0v) is 13.9. The normalized spacial score (nSPS) is 12.2. The van der Waals surface area contributed by atoms with E-state index in [4.69, 9.17) is 0 Å². The summed E-state index contributed by atoms with van der Waals surface area (Å²) in [4.78, 5) is 2.34. The van der Waals surface area contributed by atoms with Crippen molar-refractivity contribution in [1.29, 1.82) is 0 Å². The molecule has 0 aliphatic rings. The van der Waals surface area contributed by atoms with Crippen molar-refractivity contribution >= 4 is 32.7 Å². The van der Waals surface area contributed by atoms with Crippen molar-refractivity contribution in [3.63, 3.8) is 0 Å². The fraction of sp³-hybridized carbons (Fsp3) is 0.385. The smallest absolute Gasteiger partial charge is 0.244 e. The van der Waals surface area contributed by atoms with Gasteiger partial charge in [-0.2, -0.15) is 4.31 Å². The van der Waals surface area contributed by atoms with Crippen molar-refractivity contribution in [3.05, 3.63) is 38.7 Å². The molecule has 4 nitrogen and oxygen atoms in total. The maximum atomic E-state index is 12.8. The first-order valence-electron chi connectivity index (χ1n) is 6.33. The molecular formula is C13H18N2O2S3. The van der Waals surface area contributed by atoms with Gasteiger partial charge < -0.3 is 5.32 Å². The Morgan fingerprint density at radius 2 is 2.05 bits per heavy atom. The van der Waals surface area contributed by atoms with Crippen LogP contribution >= 0.6 is 22.7 Å². The average molecular weight is 331 g/mol. The summed E-state index contributed by atoms with van der Waals surface area (Å²) < 4.78 is 27.0. The van der Waals surface area contributed by atoms with Gasteiger partial charge in [-0.25, -0.2) is 8.42 Å². The standard InChI is InChI=1S/C13H18N2O2S3/c1-3-15(10-11-5-4-7-18-11)20(16,17)13-6-8-19-12(13)9-14-2/h4-8,14H,3,9-10H2,1-2H3. The van der Waals surface area contributed by atoms with E-state index in [1.165, 1.54) is 15.6 Å². The third-order valence-corrected chi connectivity index (χ3v) is 6.84. The molecule has 0 spiro atoms. The van der Waals surface area contributed by atoms with Crippen LogP contribution in [-0.4, -0.2) is 26.3 Å². The van der Waals surface area contributed by atoms with E-state index in [9.17, 15) is 8.42 Å². The van der Waals surface area contributed by atoms with Gasteiger partial charge in [0.25, 0.3) is 0 Å². The van der Waals surface area contributed by atoms with Crippen LogP contribution in [0, 0.1) is 0 Å². The van der Waals surface area contributed by atoms with Gasteiger partial charge in [-0.05, 0) is 29.9 Å². The van der Waals surface area contributed by atoms with Gasteiger partial charge >= 0.3 is 0 Å². The van der Waals surface area contributed by atoms with Crippen molar-refractivity contribution in [2.45, 2.75) is 24.9 Å². The van der Waals surface area contributed by atoms with Crippen molar-refractivity contribution in [2.24, 2.45) is 0 Å². The first-order valence-corrected chi connectivity index (χ1v) is 9.53. The molecule has 0 amide bonds. The van der Waals surface area contributed by atoms with E-state index < -0.39 is 10.0 Å². The molecule has 2 heterocycles. The van der Waals surface area contributed by atoms with E-state index in [2.05, 4.69) is 5.32 Å². The predicted molar refractivity (Wildman–Crippen MR) is 84.7 cm³/mol. The Labute approximate surface area is 128 Å². The van der Waals surface area contributed by atoms with Crippen molar-refractivity contribution in [3.8, 4) is 0 Å². The van der Waals surface area contributed by atoms with Crippen LogP contribution in [0.4, 0.5) is 0 Å². The Balaban J connectivity index is 2.29. The number of rotatable bonds is 7. The number of sulfonamides is 1. The number of hydrogen-bond acceptors (Lipinski definition) is 5. The Bertz CT molecular complexity index is 632. The summed E-state index contributed by atoms with van der Waals surface area (Å²) in [5.41, 5.74) is 0. The van der Waals surface area contributed by atoms with Gasteiger partial charge in [0.2, 0.25) is 10.0 Å². The first kappa shape index (κ1) is 15.7. The van der Waals surface area contributed by atoms with Crippen molar-refractivity contribution < 1.29 is 8.42 Å². The van der Waals surface area contributed by atoms with Gasteiger partial charge in [-0.3, -0.25) is 0 Å². The molecule has 1 N–H and O–H groups in total. The number of nitrogens with zero attached hydrogens (tertiary/aromatic N) is 1. The van der Waals surface area contributed by atoms with E-state index in [1.54, 1.807) is 17.4 Å². The number of hydrogen-bond donors (Lipinski definition) is 1. The maximum Gasteiger partial charge on any atom is 0.244 e. The summed E-state index contributed by atoms with van der Waals surface area (Å²) in [5.74, 6) is 0. The Morgan fingerprint density at radius 3 is 2.65 bits per heavy atom. The molecule has 7 heteroatoms. The summed E-state index contributed by atoms with van der Waals surface area (Å²) in [6.07, 6.45) is 0. The Hall–Kier alpha value is -0.730. The highest BCUT2D eigenvalue weighted by Gasteiger charge is 2.26. The second kappa shape index (κ2) is 6.82. The minimum absolute atomic E-state index is 0.426. The molecular weight excluding hydrogens is 312 g/mol. The van der Waals surface area contributed by atoms with Gasteiger partial charge in [0.05, 0.1) is 4.90 Å². The molecule has 0 atom stereocenters. The lowest BCUT2D eigenvalue weighted by Crippen LogP contribution is -2.30. The van der Waals surface area contributed by atoms with Crippen molar-refractivity contribution in [1.82, 2.24) is 9.62 Å². The molecule has 0 fully saturated rings. The predicted octanol–water partition coefficient (Wildman–Crippen LogP) is 2.74. The fourth-order valence-electron chi connectivity index (χ4n) is 1.93. The van der Waals surface area contributed by atoms with Crippen LogP contribution in [0.15, 0.2) is 33.9 Å². The lowest BCUT2D eigenvalue weighted by molar-refractivity contribution is 0.426. The summed E-state index contributed by atoms with van der Waals surface area (Å²) >= 11 is 3.05. The molecule has 2 aromatic heterocycles. The minimum Gasteiger partial charge on any atom is -0.315 e. The number of nitrogens with one attached hydrogen (secondary N) is 1. The van der Waals surface area contributed by atoms with E-state index in [0.717, 1.165) is 9.75 Å². The highest BCUT2D eigenvalue weighted by Crippen LogP contribution is 2.26. The highest BCUT2D eigenvalue weighted by molar-refractivity contribution is 7.89. The van der Waals surface area contributed by atoms with Crippen LogP contribution in [0.5, 0.6) is 0 Å². The maximum absolute atomic E-state index is 12.8.